The highest BCUT2D eigenvalue weighted by atomic mass is 127. The van der Waals surface area contributed by atoms with E-state index < -0.39 is 0 Å². The molecule has 1 aromatic carbocycles. The number of halogens is 1. The van der Waals surface area contributed by atoms with Gasteiger partial charge in [0.05, 0.1) is 10.2 Å². The Bertz CT molecular complexity index is 650. The van der Waals surface area contributed by atoms with Crippen molar-refractivity contribution >= 4 is 28.5 Å². The van der Waals surface area contributed by atoms with Crippen LogP contribution in [0.2, 0.25) is 0 Å². The van der Waals surface area contributed by atoms with Crippen molar-refractivity contribution in [3.8, 4) is 11.5 Å². The minimum absolute atomic E-state index is 0.367. The van der Waals surface area contributed by atoms with Gasteiger partial charge in [-0.15, -0.1) is 0 Å². The number of hydrogen-bond acceptors (Lipinski definition) is 5. The SMILES string of the molecule is CCOc1cc(C(=O)NN)cc(I)c1OCc1cccnc1. The van der Waals surface area contributed by atoms with Crippen LogP contribution in [0.3, 0.4) is 0 Å². The quantitative estimate of drug-likeness (QED) is 0.329. The molecule has 3 N–H and O–H groups in total. The Morgan fingerprint density at radius 1 is 1.41 bits per heavy atom. The van der Waals surface area contributed by atoms with E-state index in [0.29, 0.717) is 30.3 Å². The smallest absolute Gasteiger partial charge is 0.265 e. The number of nitrogen functional groups attached to an aromatic ring is 1. The van der Waals surface area contributed by atoms with Gasteiger partial charge in [-0.3, -0.25) is 15.2 Å². The molecule has 22 heavy (non-hydrogen) atoms. The highest BCUT2D eigenvalue weighted by molar-refractivity contribution is 14.1. The van der Waals surface area contributed by atoms with Gasteiger partial charge >= 0.3 is 0 Å². The van der Waals surface area contributed by atoms with Gasteiger partial charge in [-0.2, -0.15) is 0 Å². The van der Waals surface area contributed by atoms with E-state index in [0.717, 1.165) is 9.13 Å². The predicted octanol–water partition coefficient (Wildman–Crippen LogP) is 2.27. The highest BCUT2D eigenvalue weighted by Gasteiger charge is 2.15. The van der Waals surface area contributed by atoms with E-state index >= 15 is 0 Å². The molecule has 0 aliphatic heterocycles. The molecule has 2 aromatic rings. The minimum atomic E-state index is -0.377. The second-order valence-electron chi connectivity index (χ2n) is 4.34. The van der Waals surface area contributed by atoms with Crippen molar-refractivity contribution in [2.75, 3.05) is 6.61 Å². The van der Waals surface area contributed by atoms with E-state index in [1.807, 2.05) is 19.1 Å². The molecule has 1 amide bonds. The van der Waals surface area contributed by atoms with E-state index in [1.165, 1.54) is 0 Å². The number of hydrogen-bond donors (Lipinski definition) is 2. The number of aromatic nitrogens is 1. The van der Waals surface area contributed by atoms with Crippen molar-refractivity contribution in [1.29, 1.82) is 0 Å². The van der Waals surface area contributed by atoms with Crippen molar-refractivity contribution < 1.29 is 14.3 Å². The molecule has 0 aliphatic carbocycles. The molecule has 116 valence electrons. The molecule has 0 saturated heterocycles. The molecule has 6 nitrogen and oxygen atoms in total. The van der Waals surface area contributed by atoms with E-state index in [1.54, 1.807) is 24.5 Å². The molecular weight excluding hydrogens is 397 g/mol. The van der Waals surface area contributed by atoms with Crippen LogP contribution >= 0.6 is 22.6 Å². The lowest BCUT2D eigenvalue weighted by molar-refractivity contribution is 0.0953. The number of nitrogens with one attached hydrogen (secondary N) is 1. The molecule has 0 bridgehead atoms. The molecule has 7 heteroatoms. The molecular formula is C15H16IN3O3. The maximum Gasteiger partial charge on any atom is 0.265 e. The number of pyridine rings is 1. The van der Waals surface area contributed by atoms with Gasteiger partial charge in [0.1, 0.15) is 6.61 Å². The van der Waals surface area contributed by atoms with Crippen molar-refractivity contribution in [1.82, 2.24) is 10.4 Å². The monoisotopic (exact) mass is 413 g/mol. The van der Waals surface area contributed by atoms with Crippen molar-refractivity contribution in [2.24, 2.45) is 5.84 Å². The summed E-state index contributed by atoms with van der Waals surface area (Å²) < 4.78 is 12.2. The first kappa shape index (κ1) is 16.5. The number of rotatable bonds is 6. The fourth-order valence-electron chi connectivity index (χ4n) is 1.82. The van der Waals surface area contributed by atoms with Crippen LogP contribution in [0, 0.1) is 3.57 Å². The van der Waals surface area contributed by atoms with Gasteiger partial charge in [-0.1, -0.05) is 6.07 Å². The van der Waals surface area contributed by atoms with E-state index in [-0.39, 0.29) is 5.91 Å². The first-order chi connectivity index (χ1) is 10.7. The zero-order chi connectivity index (χ0) is 15.9. The number of carbonyl (C=O) groups excluding carboxylic acids is 1. The summed E-state index contributed by atoms with van der Waals surface area (Å²) in [6, 6.07) is 7.09. The Balaban J connectivity index is 2.27. The first-order valence-corrected chi connectivity index (χ1v) is 7.72. The number of benzene rings is 1. The maximum atomic E-state index is 11.7. The van der Waals surface area contributed by atoms with Gasteiger partial charge in [0.2, 0.25) is 0 Å². The Kier molecular flexibility index (Phi) is 5.96. The maximum absolute atomic E-state index is 11.7. The predicted molar refractivity (Wildman–Crippen MR) is 90.6 cm³/mol. The van der Waals surface area contributed by atoms with Gasteiger partial charge < -0.3 is 9.47 Å². The molecule has 0 atom stereocenters. The lowest BCUT2D eigenvalue weighted by Crippen LogP contribution is -2.30. The van der Waals surface area contributed by atoms with Gasteiger partial charge in [-0.05, 0) is 47.7 Å². The number of nitrogens with zero attached hydrogens (tertiary/aromatic N) is 1. The molecule has 0 unspecified atom stereocenters. The summed E-state index contributed by atoms with van der Waals surface area (Å²) in [5.74, 6) is 5.90. The molecule has 0 saturated carbocycles. The Labute approximate surface area is 142 Å². The van der Waals surface area contributed by atoms with Crippen LogP contribution in [0.15, 0.2) is 36.7 Å². The van der Waals surface area contributed by atoms with E-state index in [2.05, 4.69) is 33.0 Å². The number of ether oxygens (including phenoxy) is 2. The van der Waals surface area contributed by atoms with Gasteiger partial charge in [-0.25, -0.2) is 5.84 Å². The van der Waals surface area contributed by atoms with Crippen molar-refractivity contribution in [3.63, 3.8) is 0 Å². The lowest BCUT2D eigenvalue weighted by Gasteiger charge is -2.15. The van der Waals surface area contributed by atoms with Crippen LogP contribution in [-0.4, -0.2) is 17.5 Å². The second kappa shape index (κ2) is 7.95. The van der Waals surface area contributed by atoms with Crippen LogP contribution in [0.4, 0.5) is 0 Å². The molecule has 1 aromatic heterocycles. The van der Waals surface area contributed by atoms with Gasteiger partial charge in [0, 0.05) is 23.5 Å². The van der Waals surface area contributed by atoms with E-state index in [9.17, 15) is 4.79 Å². The summed E-state index contributed by atoms with van der Waals surface area (Å²) in [5.41, 5.74) is 3.48. The average Bonchev–Trinajstić information content (AvgIpc) is 2.54. The molecule has 1 heterocycles. The number of carbonyl (C=O) groups is 1. The summed E-state index contributed by atoms with van der Waals surface area (Å²) in [4.78, 5) is 15.7. The van der Waals surface area contributed by atoms with Crippen LogP contribution < -0.4 is 20.7 Å². The van der Waals surface area contributed by atoms with Crippen LogP contribution in [-0.2, 0) is 6.61 Å². The third-order valence-electron chi connectivity index (χ3n) is 2.81. The summed E-state index contributed by atoms with van der Waals surface area (Å²) in [7, 11) is 0. The average molecular weight is 413 g/mol. The normalized spacial score (nSPS) is 10.1. The molecule has 2 rings (SSSR count). The van der Waals surface area contributed by atoms with E-state index in [4.69, 9.17) is 15.3 Å². The van der Waals surface area contributed by atoms with Crippen LogP contribution in [0.5, 0.6) is 11.5 Å². The Hall–Kier alpha value is -1.87. The van der Waals surface area contributed by atoms with Gasteiger partial charge in [0.25, 0.3) is 5.91 Å². The fourth-order valence-corrected chi connectivity index (χ4v) is 2.58. The summed E-state index contributed by atoms with van der Waals surface area (Å²) in [5, 5.41) is 0. The standard InChI is InChI=1S/C15H16IN3O3/c1-2-21-13-7-11(15(20)19-17)6-12(16)14(13)22-9-10-4-3-5-18-8-10/h3-8H,2,9,17H2,1H3,(H,19,20). The molecule has 0 radical (unpaired) electrons. The van der Waals surface area contributed by atoms with Gasteiger partial charge in [0.15, 0.2) is 11.5 Å². The first-order valence-electron chi connectivity index (χ1n) is 6.64. The van der Waals surface area contributed by atoms with Crippen LogP contribution in [0.25, 0.3) is 0 Å². The molecule has 0 fully saturated rings. The third kappa shape index (κ3) is 4.08. The third-order valence-corrected chi connectivity index (χ3v) is 3.61. The molecule has 0 aliphatic rings. The highest BCUT2D eigenvalue weighted by Crippen LogP contribution is 2.34. The second-order valence-corrected chi connectivity index (χ2v) is 5.50. The number of nitrogens with two attached hydrogens (primary N) is 1. The zero-order valence-corrected chi connectivity index (χ0v) is 14.2. The summed E-state index contributed by atoms with van der Waals surface area (Å²) in [6.45, 7) is 2.70. The Morgan fingerprint density at radius 3 is 2.86 bits per heavy atom. The topological polar surface area (TPSA) is 86.5 Å². The fraction of sp³-hybridized carbons (Fsp3) is 0.200. The van der Waals surface area contributed by atoms with Crippen molar-refractivity contribution in [2.45, 2.75) is 13.5 Å². The Morgan fingerprint density at radius 2 is 2.23 bits per heavy atom. The summed E-state index contributed by atoms with van der Waals surface area (Å²) in [6.07, 6.45) is 3.45. The summed E-state index contributed by atoms with van der Waals surface area (Å²) >= 11 is 2.10. The van der Waals surface area contributed by atoms with Crippen LogP contribution in [0.1, 0.15) is 22.8 Å². The minimum Gasteiger partial charge on any atom is -0.490 e. The number of hydrazine groups is 1. The molecule has 0 spiro atoms. The largest absolute Gasteiger partial charge is 0.490 e. The zero-order valence-electron chi connectivity index (χ0n) is 12.0. The number of amides is 1. The van der Waals surface area contributed by atoms with Crippen molar-refractivity contribution in [3.05, 3.63) is 51.4 Å². The lowest BCUT2D eigenvalue weighted by atomic mass is 10.2.